The third-order valence-electron chi connectivity index (χ3n) is 8.68. The number of halogens is 1. The summed E-state index contributed by atoms with van der Waals surface area (Å²) in [6.07, 6.45) is 3.12. The van der Waals surface area contributed by atoms with Crippen LogP contribution < -0.4 is 10.6 Å². The van der Waals surface area contributed by atoms with Crippen molar-refractivity contribution in [1.82, 2.24) is 9.55 Å². The van der Waals surface area contributed by atoms with Gasteiger partial charge < -0.3 is 15.2 Å². The number of nitro benzene ring substituents is 1. The van der Waals surface area contributed by atoms with Crippen LogP contribution >= 0.6 is 12.4 Å². The predicted molar refractivity (Wildman–Crippen MR) is 194 cm³/mol. The standard InChI is InChI=1S/C38H36N6O3.ClH/c1-42-35-22-21-32(24-34(35)41-36(42)23-16-27-12-17-29(18-13-27)38(39)40)43(25-30-9-5-8-28-7-2-3-10-33(28)30)37(45)11-4-6-26-14-19-31(20-15-26)44(46)47;/h2-3,5,7-10,12-15,17-22,24H,4,6,11,16,23,25H2,1H3,(H3,39,40);1H. The van der Waals surface area contributed by atoms with Gasteiger partial charge in [-0.15, -0.1) is 12.4 Å². The van der Waals surface area contributed by atoms with Gasteiger partial charge in [-0.05, 0) is 64.9 Å². The van der Waals surface area contributed by atoms with Crippen molar-refractivity contribution in [2.75, 3.05) is 4.90 Å². The van der Waals surface area contributed by atoms with Crippen molar-refractivity contribution in [2.24, 2.45) is 12.8 Å². The van der Waals surface area contributed by atoms with Crippen LogP contribution in [0, 0.1) is 15.5 Å². The molecule has 0 saturated heterocycles. The number of carbonyl (C=O) groups is 1. The maximum absolute atomic E-state index is 13.9. The number of imidazole rings is 1. The van der Waals surface area contributed by atoms with Crippen LogP contribution in [-0.4, -0.2) is 26.2 Å². The molecule has 48 heavy (non-hydrogen) atoms. The largest absolute Gasteiger partial charge is 0.384 e. The highest BCUT2D eigenvalue weighted by molar-refractivity contribution is 5.97. The number of nitrogens with two attached hydrogens (primary N) is 1. The number of carbonyl (C=O) groups excluding carboxylic acids is 1. The molecule has 6 aromatic rings. The van der Waals surface area contributed by atoms with E-state index in [1.807, 2.05) is 72.6 Å². The summed E-state index contributed by atoms with van der Waals surface area (Å²) in [7, 11) is 2.01. The zero-order chi connectivity index (χ0) is 32.9. The summed E-state index contributed by atoms with van der Waals surface area (Å²) >= 11 is 0. The van der Waals surface area contributed by atoms with Gasteiger partial charge in [0.2, 0.25) is 5.91 Å². The van der Waals surface area contributed by atoms with Gasteiger partial charge in [-0.3, -0.25) is 20.3 Å². The summed E-state index contributed by atoms with van der Waals surface area (Å²) in [5.74, 6) is 1.01. The third-order valence-corrected chi connectivity index (χ3v) is 8.68. The van der Waals surface area contributed by atoms with Crippen molar-refractivity contribution in [3.63, 3.8) is 0 Å². The summed E-state index contributed by atoms with van der Waals surface area (Å²) in [6, 6.07) is 34.6. The first-order valence-electron chi connectivity index (χ1n) is 15.7. The van der Waals surface area contributed by atoms with Crippen LogP contribution in [0.15, 0.2) is 109 Å². The predicted octanol–water partition coefficient (Wildman–Crippen LogP) is 7.68. The highest BCUT2D eigenvalue weighted by Gasteiger charge is 2.19. The number of hydrogen-bond donors (Lipinski definition) is 2. The number of aryl methyl sites for hydroxylation is 4. The molecule has 0 saturated carbocycles. The number of nitrogens with one attached hydrogen (secondary N) is 1. The number of hydrogen-bond acceptors (Lipinski definition) is 5. The van der Waals surface area contributed by atoms with Crippen LogP contribution in [0.2, 0.25) is 0 Å². The number of amidine groups is 1. The van der Waals surface area contributed by atoms with Crippen LogP contribution in [0.25, 0.3) is 21.8 Å². The molecule has 10 heteroatoms. The quantitative estimate of drug-likeness (QED) is 0.0601. The fourth-order valence-corrected chi connectivity index (χ4v) is 6.02. The highest BCUT2D eigenvalue weighted by atomic mass is 35.5. The van der Waals surface area contributed by atoms with Gasteiger partial charge in [0, 0.05) is 43.3 Å². The molecule has 0 atom stereocenters. The van der Waals surface area contributed by atoms with Crippen LogP contribution in [0.5, 0.6) is 0 Å². The summed E-state index contributed by atoms with van der Waals surface area (Å²) in [5, 5.41) is 20.9. The van der Waals surface area contributed by atoms with E-state index in [4.69, 9.17) is 16.1 Å². The molecule has 244 valence electrons. The smallest absolute Gasteiger partial charge is 0.269 e. The van der Waals surface area contributed by atoms with E-state index < -0.39 is 4.92 Å². The molecule has 1 aromatic heterocycles. The fraction of sp³-hybridized carbons (Fsp3) is 0.184. The molecular weight excluding hydrogens is 624 g/mol. The summed E-state index contributed by atoms with van der Waals surface area (Å²) in [6.45, 7) is 0.416. The minimum Gasteiger partial charge on any atom is -0.384 e. The van der Waals surface area contributed by atoms with Crippen molar-refractivity contribution in [3.8, 4) is 0 Å². The first kappa shape index (κ1) is 33.8. The Bertz CT molecular complexity index is 2090. The number of nitrogens with zero attached hydrogens (tertiary/aromatic N) is 4. The third kappa shape index (κ3) is 7.53. The van der Waals surface area contributed by atoms with E-state index in [0.717, 1.165) is 62.8 Å². The van der Waals surface area contributed by atoms with Gasteiger partial charge in [0.1, 0.15) is 11.7 Å². The summed E-state index contributed by atoms with van der Waals surface area (Å²) in [5.41, 5.74) is 12.1. The maximum Gasteiger partial charge on any atom is 0.269 e. The molecule has 0 bridgehead atoms. The van der Waals surface area contributed by atoms with Gasteiger partial charge in [0.05, 0.1) is 22.5 Å². The maximum atomic E-state index is 13.9. The second-order valence-electron chi connectivity index (χ2n) is 11.8. The molecule has 0 radical (unpaired) electrons. The normalized spacial score (nSPS) is 10.9. The van der Waals surface area contributed by atoms with E-state index in [2.05, 4.69) is 28.8 Å². The number of rotatable bonds is 12. The Morgan fingerprint density at radius 3 is 2.31 bits per heavy atom. The van der Waals surface area contributed by atoms with Crippen LogP contribution in [0.4, 0.5) is 11.4 Å². The molecule has 1 amide bonds. The number of benzene rings is 5. The lowest BCUT2D eigenvalue weighted by Crippen LogP contribution is -2.30. The van der Waals surface area contributed by atoms with Crippen molar-refractivity contribution < 1.29 is 9.72 Å². The summed E-state index contributed by atoms with van der Waals surface area (Å²) in [4.78, 5) is 31.4. The molecule has 0 unspecified atom stereocenters. The number of nitrogen functional groups attached to an aromatic ring is 1. The molecule has 0 aliphatic heterocycles. The van der Waals surface area contributed by atoms with Gasteiger partial charge in [0.15, 0.2) is 0 Å². The Labute approximate surface area is 285 Å². The Hall–Kier alpha value is -5.54. The van der Waals surface area contributed by atoms with E-state index in [1.165, 1.54) is 12.1 Å². The molecule has 5 aromatic carbocycles. The minimum atomic E-state index is -0.408. The average molecular weight is 661 g/mol. The van der Waals surface area contributed by atoms with Crippen LogP contribution in [-0.2, 0) is 37.6 Å². The van der Waals surface area contributed by atoms with Gasteiger partial charge in [-0.1, -0.05) is 78.9 Å². The number of aromatic nitrogens is 2. The lowest BCUT2D eigenvalue weighted by molar-refractivity contribution is -0.384. The average Bonchev–Trinajstić information content (AvgIpc) is 3.40. The molecule has 0 spiro atoms. The second kappa shape index (κ2) is 14.9. The van der Waals surface area contributed by atoms with Gasteiger partial charge in [-0.25, -0.2) is 4.98 Å². The van der Waals surface area contributed by atoms with E-state index in [1.54, 1.807) is 12.1 Å². The number of anilines is 1. The Morgan fingerprint density at radius 2 is 1.58 bits per heavy atom. The first-order chi connectivity index (χ1) is 22.8. The number of non-ortho nitro benzene ring substituents is 1. The molecular formula is C38H37ClN6O3. The minimum absolute atomic E-state index is 0. The van der Waals surface area contributed by atoms with Gasteiger partial charge in [-0.2, -0.15) is 0 Å². The molecule has 0 aliphatic carbocycles. The number of amides is 1. The zero-order valence-corrected chi connectivity index (χ0v) is 27.5. The van der Waals surface area contributed by atoms with Crippen molar-refractivity contribution >= 4 is 57.3 Å². The second-order valence-corrected chi connectivity index (χ2v) is 11.8. The van der Waals surface area contributed by atoms with Crippen LogP contribution in [0.1, 0.15) is 40.9 Å². The SMILES string of the molecule is Cl.Cn1c(CCc2ccc(C(=N)N)cc2)nc2cc(N(Cc3cccc4ccccc34)C(=O)CCCc3ccc([N+](=O)[O-])cc3)ccc21. The van der Waals surface area contributed by atoms with Crippen LogP contribution in [0.3, 0.4) is 0 Å². The van der Waals surface area contributed by atoms with E-state index in [-0.39, 0.29) is 29.8 Å². The molecule has 0 aliphatic rings. The molecule has 1 heterocycles. The monoisotopic (exact) mass is 660 g/mol. The van der Waals surface area contributed by atoms with Gasteiger partial charge >= 0.3 is 0 Å². The van der Waals surface area contributed by atoms with Gasteiger partial charge in [0.25, 0.3) is 5.69 Å². The Balaban J connectivity index is 0.00000451. The topological polar surface area (TPSA) is 131 Å². The van der Waals surface area contributed by atoms with E-state index in [0.29, 0.717) is 31.4 Å². The lowest BCUT2D eigenvalue weighted by Gasteiger charge is -2.24. The first-order valence-corrected chi connectivity index (χ1v) is 15.7. The molecule has 6 rings (SSSR count). The van der Waals surface area contributed by atoms with E-state index in [9.17, 15) is 14.9 Å². The number of fused-ring (bicyclic) bond motifs is 2. The fourth-order valence-electron chi connectivity index (χ4n) is 6.02. The molecule has 9 nitrogen and oxygen atoms in total. The van der Waals surface area contributed by atoms with Crippen molar-refractivity contribution in [2.45, 2.75) is 38.6 Å². The van der Waals surface area contributed by atoms with E-state index >= 15 is 0 Å². The molecule has 3 N–H and O–H groups in total. The number of nitro groups is 1. The molecule has 0 fully saturated rings. The van der Waals surface area contributed by atoms with Crippen molar-refractivity contribution in [1.29, 1.82) is 5.41 Å². The highest BCUT2D eigenvalue weighted by Crippen LogP contribution is 2.28. The Kier molecular flexibility index (Phi) is 10.5. The lowest BCUT2D eigenvalue weighted by atomic mass is 10.0. The zero-order valence-electron chi connectivity index (χ0n) is 26.6. The summed E-state index contributed by atoms with van der Waals surface area (Å²) < 4.78 is 2.10. The Morgan fingerprint density at radius 1 is 0.896 bits per heavy atom. The van der Waals surface area contributed by atoms with Crippen molar-refractivity contribution in [3.05, 3.63) is 147 Å².